The van der Waals surface area contributed by atoms with Crippen LogP contribution < -0.4 is 4.74 Å². The number of carbonyl (C=O) groups excluding carboxylic acids is 1. The molecule has 0 saturated carbocycles. The van der Waals surface area contributed by atoms with Gasteiger partial charge >= 0.3 is 0 Å². The first-order chi connectivity index (χ1) is 7.13. The average molecular weight is 208 g/mol. The van der Waals surface area contributed by atoms with Crippen LogP contribution in [-0.2, 0) is 16.1 Å². The first-order valence-electron chi connectivity index (χ1n) is 4.88. The molecule has 0 aliphatic heterocycles. The molecule has 0 heterocycles. The van der Waals surface area contributed by atoms with Gasteiger partial charge in [-0.3, -0.25) is 4.79 Å². The molecule has 1 aromatic rings. The van der Waals surface area contributed by atoms with Crippen LogP contribution in [0.25, 0.3) is 0 Å². The second-order valence-electron chi connectivity index (χ2n) is 3.41. The summed E-state index contributed by atoms with van der Waals surface area (Å²) in [4.78, 5) is 10.9. The van der Waals surface area contributed by atoms with Crippen molar-refractivity contribution < 1.29 is 14.3 Å². The van der Waals surface area contributed by atoms with Crippen LogP contribution in [0.3, 0.4) is 0 Å². The second kappa shape index (κ2) is 5.51. The third-order valence-corrected chi connectivity index (χ3v) is 2.23. The van der Waals surface area contributed by atoms with Gasteiger partial charge in [0.05, 0.1) is 13.7 Å². The largest absolute Gasteiger partial charge is 0.497 e. The number of benzene rings is 1. The molecule has 3 nitrogen and oxygen atoms in total. The minimum Gasteiger partial charge on any atom is -0.497 e. The number of ether oxygens (including phenoxy) is 2. The number of hydrogen-bond donors (Lipinski definition) is 0. The molecule has 0 amide bonds. The van der Waals surface area contributed by atoms with E-state index in [2.05, 4.69) is 0 Å². The van der Waals surface area contributed by atoms with E-state index in [0.29, 0.717) is 6.61 Å². The van der Waals surface area contributed by atoms with Crippen LogP contribution in [0.5, 0.6) is 5.75 Å². The second-order valence-corrected chi connectivity index (χ2v) is 3.41. The quantitative estimate of drug-likeness (QED) is 0.744. The summed E-state index contributed by atoms with van der Waals surface area (Å²) in [7, 11) is 1.63. The topological polar surface area (TPSA) is 35.5 Å². The molecule has 0 aliphatic carbocycles. The van der Waals surface area contributed by atoms with E-state index < -0.39 is 0 Å². The first-order valence-corrected chi connectivity index (χ1v) is 4.88. The molecule has 3 heteroatoms. The summed E-state index contributed by atoms with van der Waals surface area (Å²) in [5.41, 5.74) is 1.03. The van der Waals surface area contributed by atoms with Gasteiger partial charge in [0.1, 0.15) is 11.9 Å². The molecule has 15 heavy (non-hydrogen) atoms. The Morgan fingerprint density at radius 1 is 1.33 bits per heavy atom. The number of carbonyl (C=O) groups is 1. The Labute approximate surface area is 90.0 Å². The van der Waals surface area contributed by atoms with Gasteiger partial charge in [0.25, 0.3) is 0 Å². The fourth-order valence-electron chi connectivity index (χ4n) is 1.06. The van der Waals surface area contributed by atoms with Crippen molar-refractivity contribution in [2.24, 2.45) is 0 Å². The van der Waals surface area contributed by atoms with Crippen molar-refractivity contribution in [3.05, 3.63) is 29.8 Å². The third kappa shape index (κ3) is 3.72. The van der Waals surface area contributed by atoms with E-state index in [-0.39, 0.29) is 11.9 Å². The Kier molecular flexibility index (Phi) is 4.31. The van der Waals surface area contributed by atoms with Crippen molar-refractivity contribution in [2.45, 2.75) is 26.6 Å². The van der Waals surface area contributed by atoms with E-state index in [1.165, 1.54) is 6.92 Å². The predicted octanol–water partition coefficient (Wildman–Crippen LogP) is 2.19. The zero-order valence-electron chi connectivity index (χ0n) is 9.32. The van der Waals surface area contributed by atoms with E-state index in [9.17, 15) is 4.79 Å². The van der Waals surface area contributed by atoms with Gasteiger partial charge < -0.3 is 9.47 Å². The van der Waals surface area contributed by atoms with Gasteiger partial charge in [-0.25, -0.2) is 0 Å². The third-order valence-electron chi connectivity index (χ3n) is 2.23. The molecule has 0 spiro atoms. The minimum absolute atomic E-state index is 0.0449. The molecule has 0 radical (unpaired) electrons. The summed E-state index contributed by atoms with van der Waals surface area (Å²) in [6.07, 6.45) is -0.341. The van der Waals surface area contributed by atoms with Crippen LogP contribution >= 0.6 is 0 Å². The minimum atomic E-state index is -0.341. The molecule has 0 N–H and O–H groups in total. The van der Waals surface area contributed by atoms with Crippen molar-refractivity contribution in [1.29, 1.82) is 0 Å². The molecule has 1 rings (SSSR count). The normalized spacial score (nSPS) is 12.2. The highest BCUT2D eigenvalue weighted by molar-refractivity contribution is 5.79. The van der Waals surface area contributed by atoms with Crippen molar-refractivity contribution in [3.8, 4) is 5.75 Å². The van der Waals surface area contributed by atoms with Gasteiger partial charge in [-0.05, 0) is 31.5 Å². The highest BCUT2D eigenvalue weighted by Gasteiger charge is 2.07. The van der Waals surface area contributed by atoms with E-state index in [1.54, 1.807) is 14.0 Å². The number of rotatable bonds is 5. The maximum Gasteiger partial charge on any atom is 0.158 e. The van der Waals surface area contributed by atoms with Gasteiger partial charge in [0.15, 0.2) is 5.78 Å². The summed E-state index contributed by atoms with van der Waals surface area (Å²) in [5, 5.41) is 0. The van der Waals surface area contributed by atoms with E-state index in [0.717, 1.165) is 11.3 Å². The van der Waals surface area contributed by atoms with Crippen molar-refractivity contribution in [2.75, 3.05) is 7.11 Å². The lowest BCUT2D eigenvalue weighted by Gasteiger charge is -2.09. The fourth-order valence-corrected chi connectivity index (χ4v) is 1.06. The maximum atomic E-state index is 10.9. The Bertz CT molecular complexity index is 316. The van der Waals surface area contributed by atoms with Crippen molar-refractivity contribution >= 4 is 5.78 Å². The molecule has 0 saturated heterocycles. The Hall–Kier alpha value is -1.35. The van der Waals surface area contributed by atoms with Crippen LogP contribution in [-0.4, -0.2) is 19.0 Å². The number of hydrogen-bond acceptors (Lipinski definition) is 3. The fraction of sp³-hybridized carbons (Fsp3) is 0.417. The van der Waals surface area contributed by atoms with Crippen LogP contribution in [0.15, 0.2) is 24.3 Å². The van der Waals surface area contributed by atoms with E-state index >= 15 is 0 Å². The molecular formula is C12H16O3. The summed E-state index contributed by atoms with van der Waals surface area (Å²) in [6, 6.07) is 7.59. The Morgan fingerprint density at radius 3 is 2.40 bits per heavy atom. The summed E-state index contributed by atoms with van der Waals surface area (Å²) >= 11 is 0. The van der Waals surface area contributed by atoms with Crippen LogP contribution in [0, 0.1) is 0 Å². The molecule has 1 unspecified atom stereocenters. The summed E-state index contributed by atoms with van der Waals surface area (Å²) < 4.78 is 10.4. The first kappa shape index (κ1) is 11.7. The van der Waals surface area contributed by atoms with Crippen LogP contribution in [0.4, 0.5) is 0 Å². The lowest BCUT2D eigenvalue weighted by molar-refractivity contribution is -0.127. The van der Waals surface area contributed by atoms with Gasteiger partial charge in [-0.2, -0.15) is 0 Å². The molecule has 1 atom stereocenters. The summed E-state index contributed by atoms with van der Waals surface area (Å²) in [6.45, 7) is 3.73. The molecule has 0 bridgehead atoms. The highest BCUT2D eigenvalue weighted by Crippen LogP contribution is 2.12. The highest BCUT2D eigenvalue weighted by atomic mass is 16.5. The van der Waals surface area contributed by atoms with Gasteiger partial charge in [-0.15, -0.1) is 0 Å². The monoisotopic (exact) mass is 208 g/mol. The van der Waals surface area contributed by atoms with E-state index in [4.69, 9.17) is 9.47 Å². The molecule has 82 valence electrons. The smallest absolute Gasteiger partial charge is 0.158 e. The molecule has 0 fully saturated rings. The van der Waals surface area contributed by atoms with E-state index in [1.807, 2.05) is 24.3 Å². The molecular weight excluding hydrogens is 192 g/mol. The van der Waals surface area contributed by atoms with Gasteiger partial charge in [-0.1, -0.05) is 12.1 Å². The molecule has 0 aliphatic rings. The average Bonchev–Trinajstić information content (AvgIpc) is 2.26. The standard InChI is InChI=1S/C12H16O3/c1-9(13)10(2)15-8-11-4-6-12(14-3)7-5-11/h4-7,10H,8H2,1-3H3. The maximum absolute atomic E-state index is 10.9. The number of methoxy groups -OCH3 is 1. The number of ketones is 1. The van der Waals surface area contributed by atoms with Gasteiger partial charge in [0.2, 0.25) is 0 Å². The molecule has 1 aromatic carbocycles. The Morgan fingerprint density at radius 2 is 1.93 bits per heavy atom. The zero-order valence-corrected chi connectivity index (χ0v) is 9.32. The van der Waals surface area contributed by atoms with Gasteiger partial charge in [0, 0.05) is 0 Å². The summed E-state index contributed by atoms with van der Waals surface area (Å²) in [5.74, 6) is 0.863. The SMILES string of the molecule is COc1ccc(COC(C)C(C)=O)cc1. The van der Waals surface area contributed by atoms with Crippen molar-refractivity contribution in [3.63, 3.8) is 0 Å². The predicted molar refractivity (Wildman–Crippen MR) is 57.9 cm³/mol. The lowest BCUT2D eigenvalue weighted by Crippen LogP contribution is -2.17. The van der Waals surface area contributed by atoms with Crippen LogP contribution in [0.2, 0.25) is 0 Å². The lowest BCUT2D eigenvalue weighted by atomic mass is 10.2. The molecule has 0 aromatic heterocycles. The zero-order chi connectivity index (χ0) is 11.3. The Balaban J connectivity index is 2.47. The van der Waals surface area contributed by atoms with Crippen molar-refractivity contribution in [1.82, 2.24) is 0 Å². The van der Waals surface area contributed by atoms with Crippen LogP contribution in [0.1, 0.15) is 19.4 Å². The number of Topliss-reactive ketones (excluding diaryl/α,β-unsaturated/α-hetero) is 1.